The summed E-state index contributed by atoms with van der Waals surface area (Å²) in [6, 6.07) is 6.63. The molecule has 84 valence electrons. The molecule has 0 heterocycles. The molecular formula is C10H9NO4S. The van der Waals surface area contributed by atoms with Gasteiger partial charge >= 0.3 is 0 Å². The van der Waals surface area contributed by atoms with Crippen LogP contribution in [0, 0.1) is 0 Å². The first-order valence-corrected chi connectivity index (χ1v) is 5.91. The first-order chi connectivity index (χ1) is 7.38. The Hall–Kier alpha value is -1.79. The molecule has 16 heavy (non-hydrogen) atoms. The quantitative estimate of drug-likeness (QED) is 0.688. The van der Waals surface area contributed by atoms with E-state index in [1.807, 2.05) is 0 Å². The minimum Gasteiger partial charge on any atom is -0.508 e. The van der Waals surface area contributed by atoms with Gasteiger partial charge in [0.2, 0.25) is 10.0 Å². The predicted octanol–water partition coefficient (Wildman–Crippen LogP) is 0.898. The van der Waals surface area contributed by atoms with Crippen LogP contribution in [0.5, 0.6) is 11.5 Å². The van der Waals surface area contributed by atoms with Crippen LogP contribution < -0.4 is 5.14 Å². The average Bonchev–Trinajstić information content (AvgIpc) is 2.17. The number of hydrogen-bond donors (Lipinski definition) is 3. The lowest BCUT2D eigenvalue weighted by molar-refractivity contribution is 0.471. The van der Waals surface area contributed by atoms with Gasteiger partial charge in [-0.25, -0.2) is 13.6 Å². The van der Waals surface area contributed by atoms with Crippen molar-refractivity contribution in [2.45, 2.75) is 4.90 Å². The number of fused-ring (bicyclic) bond motifs is 1. The normalized spacial score (nSPS) is 11.8. The highest BCUT2D eigenvalue weighted by atomic mass is 32.2. The fourth-order valence-electron chi connectivity index (χ4n) is 1.46. The van der Waals surface area contributed by atoms with Crippen LogP contribution in [-0.2, 0) is 10.0 Å². The second-order valence-electron chi connectivity index (χ2n) is 3.39. The second kappa shape index (κ2) is 3.36. The van der Waals surface area contributed by atoms with Crippen molar-refractivity contribution in [2.24, 2.45) is 5.14 Å². The third kappa shape index (κ3) is 1.80. The lowest BCUT2D eigenvalue weighted by Crippen LogP contribution is -2.11. The van der Waals surface area contributed by atoms with Crippen molar-refractivity contribution in [1.82, 2.24) is 0 Å². The Kier molecular flexibility index (Phi) is 2.25. The molecule has 2 aromatic carbocycles. The third-order valence-corrected chi connectivity index (χ3v) is 3.11. The Morgan fingerprint density at radius 2 is 1.75 bits per heavy atom. The van der Waals surface area contributed by atoms with Crippen molar-refractivity contribution in [3.05, 3.63) is 30.3 Å². The minimum absolute atomic E-state index is 0.00819. The van der Waals surface area contributed by atoms with E-state index in [9.17, 15) is 18.6 Å². The van der Waals surface area contributed by atoms with Crippen LogP contribution >= 0.6 is 0 Å². The molecule has 0 fully saturated rings. The standard InChI is InChI=1S/C10H9NO4S/c11-16(14,15)8-3-6-1-2-7(12)4-9(6)10(13)5-8/h1-5,12-13H,(H2,11,14,15). The van der Waals surface area contributed by atoms with E-state index in [4.69, 9.17) is 5.14 Å². The second-order valence-corrected chi connectivity index (χ2v) is 4.95. The van der Waals surface area contributed by atoms with Crippen LogP contribution in [0.1, 0.15) is 0 Å². The molecule has 0 atom stereocenters. The molecule has 0 bridgehead atoms. The number of rotatable bonds is 1. The summed E-state index contributed by atoms with van der Waals surface area (Å²) >= 11 is 0. The van der Waals surface area contributed by atoms with Crippen LogP contribution in [0.3, 0.4) is 0 Å². The molecule has 0 unspecified atom stereocenters. The number of benzene rings is 2. The molecule has 0 aliphatic heterocycles. The van der Waals surface area contributed by atoms with Gasteiger partial charge in [-0.15, -0.1) is 0 Å². The van der Waals surface area contributed by atoms with E-state index in [1.165, 1.54) is 24.3 Å². The molecule has 5 nitrogen and oxygen atoms in total. The Bertz CT molecular complexity index is 664. The fourth-order valence-corrected chi connectivity index (χ4v) is 2.03. The van der Waals surface area contributed by atoms with Crippen molar-refractivity contribution in [1.29, 1.82) is 0 Å². The van der Waals surface area contributed by atoms with E-state index < -0.39 is 10.0 Å². The highest BCUT2D eigenvalue weighted by Crippen LogP contribution is 2.30. The number of aromatic hydroxyl groups is 2. The summed E-state index contributed by atoms with van der Waals surface area (Å²) in [5.74, 6) is -0.247. The summed E-state index contributed by atoms with van der Waals surface area (Å²) in [5.41, 5.74) is 0. The topological polar surface area (TPSA) is 101 Å². The van der Waals surface area contributed by atoms with Gasteiger partial charge in [-0.05, 0) is 23.6 Å². The van der Waals surface area contributed by atoms with Crippen LogP contribution in [-0.4, -0.2) is 18.6 Å². The summed E-state index contributed by atoms with van der Waals surface area (Å²) in [6.07, 6.45) is 0. The lowest BCUT2D eigenvalue weighted by atomic mass is 10.1. The number of phenols is 2. The molecule has 0 aliphatic rings. The van der Waals surface area contributed by atoms with E-state index >= 15 is 0 Å². The van der Waals surface area contributed by atoms with Crippen LogP contribution in [0.15, 0.2) is 35.2 Å². The number of primary sulfonamides is 1. The van der Waals surface area contributed by atoms with Gasteiger partial charge in [0.15, 0.2) is 0 Å². The maximum absolute atomic E-state index is 11.1. The van der Waals surface area contributed by atoms with Crippen molar-refractivity contribution >= 4 is 20.8 Å². The minimum atomic E-state index is -3.85. The van der Waals surface area contributed by atoms with Gasteiger partial charge in [0.1, 0.15) is 11.5 Å². The Labute approximate surface area is 91.8 Å². The Morgan fingerprint density at radius 3 is 2.38 bits per heavy atom. The first kappa shape index (κ1) is 10.7. The zero-order valence-electron chi connectivity index (χ0n) is 8.08. The zero-order valence-corrected chi connectivity index (χ0v) is 8.90. The van der Waals surface area contributed by atoms with Gasteiger partial charge in [0.25, 0.3) is 0 Å². The van der Waals surface area contributed by atoms with Crippen molar-refractivity contribution in [3.8, 4) is 11.5 Å². The summed E-state index contributed by atoms with van der Waals surface area (Å²) in [4.78, 5) is -0.164. The van der Waals surface area contributed by atoms with E-state index in [1.54, 1.807) is 0 Å². The molecular weight excluding hydrogens is 230 g/mol. The van der Waals surface area contributed by atoms with Gasteiger partial charge < -0.3 is 10.2 Å². The molecule has 2 aromatic rings. The summed E-state index contributed by atoms with van der Waals surface area (Å²) in [6.45, 7) is 0. The van der Waals surface area contributed by atoms with Crippen LogP contribution in [0.2, 0.25) is 0 Å². The van der Waals surface area contributed by atoms with E-state index in [-0.39, 0.29) is 16.4 Å². The lowest BCUT2D eigenvalue weighted by Gasteiger charge is -2.05. The summed E-state index contributed by atoms with van der Waals surface area (Å²) < 4.78 is 22.2. The molecule has 4 N–H and O–H groups in total. The zero-order chi connectivity index (χ0) is 11.9. The van der Waals surface area contributed by atoms with Crippen molar-refractivity contribution < 1.29 is 18.6 Å². The SMILES string of the molecule is NS(=O)(=O)c1cc(O)c2cc(O)ccc2c1. The Morgan fingerprint density at radius 1 is 1.06 bits per heavy atom. The molecule has 0 aromatic heterocycles. The predicted molar refractivity (Wildman–Crippen MR) is 58.7 cm³/mol. The van der Waals surface area contributed by atoms with Gasteiger partial charge in [0, 0.05) is 11.5 Å². The summed E-state index contributed by atoms with van der Waals surface area (Å²) in [5, 5.41) is 24.7. The van der Waals surface area contributed by atoms with Gasteiger partial charge in [-0.2, -0.15) is 0 Å². The molecule has 0 saturated carbocycles. The first-order valence-electron chi connectivity index (χ1n) is 4.36. The largest absolute Gasteiger partial charge is 0.508 e. The van der Waals surface area contributed by atoms with E-state index in [0.717, 1.165) is 6.07 Å². The average molecular weight is 239 g/mol. The number of phenolic OH excluding ortho intramolecular Hbond substituents is 2. The van der Waals surface area contributed by atoms with Gasteiger partial charge in [-0.3, -0.25) is 0 Å². The van der Waals surface area contributed by atoms with Crippen LogP contribution in [0.25, 0.3) is 10.8 Å². The van der Waals surface area contributed by atoms with Crippen LogP contribution in [0.4, 0.5) is 0 Å². The highest BCUT2D eigenvalue weighted by Gasteiger charge is 2.11. The molecule has 0 spiro atoms. The molecule has 6 heteroatoms. The third-order valence-electron chi connectivity index (χ3n) is 2.22. The molecule has 2 rings (SSSR count). The highest BCUT2D eigenvalue weighted by molar-refractivity contribution is 7.89. The molecule has 0 amide bonds. The fraction of sp³-hybridized carbons (Fsp3) is 0. The molecule has 0 saturated heterocycles. The maximum atomic E-state index is 11.1. The maximum Gasteiger partial charge on any atom is 0.238 e. The monoisotopic (exact) mass is 239 g/mol. The van der Waals surface area contributed by atoms with Crippen molar-refractivity contribution in [2.75, 3.05) is 0 Å². The number of nitrogens with two attached hydrogens (primary N) is 1. The smallest absolute Gasteiger partial charge is 0.238 e. The number of hydrogen-bond acceptors (Lipinski definition) is 4. The molecule has 0 radical (unpaired) electrons. The van der Waals surface area contributed by atoms with Crippen molar-refractivity contribution in [3.63, 3.8) is 0 Å². The van der Waals surface area contributed by atoms with Gasteiger partial charge in [-0.1, -0.05) is 6.07 Å². The summed E-state index contributed by atoms with van der Waals surface area (Å²) in [7, 11) is -3.85. The van der Waals surface area contributed by atoms with E-state index in [0.29, 0.717) is 10.8 Å². The van der Waals surface area contributed by atoms with Gasteiger partial charge in [0.05, 0.1) is 4.90 Å². The molecule has 0 aliphatic carbocycles. The van der Waals surface area contributed by atoms with E-state index in [2.05, 4.69) is 0 Å². The number of sulfonamides is 1. The Balaban J connectivity index is 2.84.